The van der Waals surface area contributed by atoms with E-state index in [1.54, 1.807) is 6.21 Å². The third-order valence-electron chi connectivity index (χ3n) is 2.10. The Morgan fingerprint density at radius 1 is 1.47 bits per heavy atom. The van der Waals surface area contributed by atoms with Gasteiger partial charge in [0, 0.05) is 12.1 Å². The van der Waals surface area contributed by atoms with Gasteiger partial charge in [0.1, 0.15) is 6.54 Å². The molecule has 15 heavy (non-hydrogen) atoms. The fraction of sp³-hybridized carbons (Fsp3) is 0.333. The zero-order chi connectivity index (χ0) is 11.1. The maximum absolute atomic E-state index is 10.8. The van der Waals surface area contributed by atoms with Crippen molar-refractivity contribution >= 4 is 12.2 Å². The molecule has 0 bridgehead atoms. The van der Waals surface area contributed by atoms with Gasteiger partial charge in [0.2, 0.25) is 0 Å². The first kappa shape index (κ1) is 11.4. The molecule has 1 aromatic carbocycles. The molecule has 0 aromatic heterocycles. The van der Waals surface area contributed by atoms with Crippen LogP contribution in [0.1, 0.15) is 18.4 Å². The molecule has 1 unspecified atom stereocenters. The number of carbonyl (C=O) groups is 1. The van der Waals surface area contributed by atoms with E-state index in [4.69, 9.17) is 0 Å². The summed E-state index contributed by atoms with van der Waals surface area (Å²) >= 11 is 0. The third-order valence-corrected chi connectivity index (χ3v) is 2.10. The molecule has 0 spiro atoms. The Balaban J connectivity index is 2.49. The Kier molecular flexibility index (Phi) is 4.54. The Morgan fingerprint density at radius 3 is 2.73 bits per heavy atom. The standard InChI is InChI=1S/C12H15NO2/c1-10(8-13-9-12(14)15-2)11-6-4-3-5-7-11/h3-8,10H,9H2,1-2H3. The lowest BCUT2D eigenvalue weighted by molar-refractivity contribution is -0.138. The minimum Gasteiger partial charge on any atom is -0.468 e. The molecule has 1 aromatic rings. The quantitative estimate of drug-likeness (QED) is 0.557. The summed E-state index contributed by atoms with van der Waals surface area (Å²) in [6, 6.07) is 10.0. The van der Waals surface area contributed by atoms with Gasteiger partial charge in [0.25, 0.3) is 0 Å². The van der Waals surface area contributed by atoms with Gasteiger partial charge in [-0.3, -0.25) is 9.79 Å². The van der Waals surface area contributed by atoms with E-state index < -0.39 is 0 Å². The lowest BCUT2D eigenvalue weighted by Gasteiger charge is -2.04. The van der Waals surface area contributed by atoms with Gasteiger partial charge in [-0.05, 0) is 5.56 Å². The molecular weight excluding hydrogens is 190 g/mol. The van der Waals surface area contributed by atoms with Gasteiger partial charge in [-0.15, -0.1) is 0 Å². The van der Waals surface area contributed by atoms with E-state index in [0.717, 1.165) is 0 Å². The van der Waals surface area contributed by atoms with Crippen LogP contribution < -0.4 is 0 Å². The molecule has 1 rings (SSSR count). The van der Waals surface area contributed by atoms with Crippen LogP contribution in [0.15, 0.2) is 35.3 Å². The summed E-state index contributed by atoms with van der Waals surface area (Å²) in [5.41, 5.74) is 1.19. The first-order valence-electron chi connectivity index (χ1n) is 4.85. The van der Waals surface area contributed by atoms with Crippen molar-refractivity contribution in [3.63, 3.8) is 0 Å². The minimum atomic E-state index is -0.313. The molecule has 0 saturated heterocycles. The van der Waals surface area contributed by atoms with Gasteiger partial charge in [-0.25, -0.2) is 0 Å². The summed E-state index contributed by atoms with van der Waals surface area (Å²) in [4.78, 5) is 14.8. The summed E-state index contributed by atoms with van der Waals surface area (Å²) in [7, 11) is 1.36. The van der Waals surface area contributed by atoms with Gasteiger partial charge in [-0.1, -0.05) is 37.3 Å². The zero-order valence-corrected chi connectivity index (χ0v) is 9.01. The highest BCUT2D eigenvalue weighted by Gasteiger charge is 2.01. The van der Waals surface area contributed by atoms with E-state index in [0.29, 0.717) is 0 Å². The van der Waals surface area contributed by atoms with Crippen molar-refractivity contribution < 1.29 is 9.53 Å². The van der Waals surface area contributed by atoms with Crippen molar-refractivity contribution in [2.75, 3.05) is 13.7 Å². The van der Waals surface area contributed by atoms with Crippen LogP contribution in [0.3, 0.4) is 0 Å². The van der Waals surface area contributed by atoms with E-state index in [9.17, 15) is 4.79 Å². The summed E-state index contributed by atoms with van der Waals surface area (Å²) in [5, 5.41) is 0. The highest BCUT2D eigenvalue weighted by Crippen LogP contribution is 2.11. The average Bonchev–Trinajstić information content (AvgIpc) is 2.29. The van der Waals surface area contributed by atoms with Crippen LogP contribution in [0.5, 0.6) is 0 Å². The molecule has 0 aliphatic rings. The van der Waals surface area contributed by atoms with Crippen LogP contribution in [0.25, 0.3) is 0 Å². The summed E-state index contributed by atoms with van der Waals surface area (Å²) in [6.07, 6.45) is 1.77. The van der Waals surface area contributed by atoms with Crippen LogP contribution >= 0.6 is 0 Å². The monoisotopic (exact) mass is 205 g/mol. The zero-order valence-electron chi connectivity index (χ0n) is 9.01. The maximum Gasteiger partial charge on any atom is 0.327 e. The molecule has 1 atom stereocenters. The van der Waals surface area contributed by atoms with E-state index >= 15 is 0 Å². The Hall–Kier alpha value is -1.64. The highest BCUT2D eigenvalue weighted by molar-refractivity contribution is 5.75. The first-order valence-corrected chi connectivity index (χ1v) is 4.85. The average molecular weight is 205 g/mol. The predicted molar refractivity (Wildman–Crippen MR) is 60.2 cm³/mol. The molecule has 80 valence electrons. The number of hydrogen-bond donors (Lipinski definition) is 0. The molecule has 0 fully saturated rings. The molecule has 0 aliphatic heterocycles. The number of carbonyl (C=O) groups excluding carboxylic acids is 1. The molecule has 3 heteroatoms. The topological polar surface area (TPSA) is 38.7 Å². The highest BCUT2D eigenvalue weighted by atomic mass is 16.5. The van der Waals surface area contributed by atoms with Gasteiger partial charge >= 0.3 is 5.97 Å². The fourth-order valence-electron chi connectivity index (χ4n) is 1.19. The molecule has 0 heterocycles. The lowest BCUT2D eigenvalue weighted by atomic mass is 10.0. The van der Waals surface area contributed by atoms with Crippen LogP contribution in [-0.4, -0.2) is 25.8 Å². The number of benzene rings is 1. The smallest absolute Gasteiger partial charge is 0.327 e. The number of hydrogen-bond acceptors (Lipinski definition) is 3. The van der Waals surface area contributed by atoms with Gasteiger partial charge in [-0.2, -0.15) is 0 Å². The van der Waals surface area contributed by atoms with Crippen molar-refractivity contribution in [1.29, 1.82) is 0 Å². The number of nitrogens with zero attached hydrogens (tertiary/aromatic N) is 1. The van der Waals surface area contributed by atoms with E-state index in [1.807, 2.05) is 37.3 Å². The van der Waals surface area contributed by atoms with Crippen LogP contribution in [-0.2, 0) is 9.53 Å². The van der Waals surface area contributed by atoms with Crippen molar-refractivity contribution in [1.82, 2.24) is 0 Å². The van der Waals surface area contributed by atoms with Crippen molar-refractivity contribution in [2.24, 2.45) is 4.99 Å². The summed E-state index contributed by atoms with van der Waals surface area (Å²) in [5.74, 6) is -0.0950. The van der Waals surface area contributed by atoms with Crippen LogP contribution in [0, 0.1) is 0 Å². The van der Waals surface area contributed by atoms with Gasteiger partial charge < -0.3 is 4.74 Å². The van der Waals surface area contributed by atoms with Gasteiger partial charge in [0.15, 0.2) is 0 Å². The Bertz CT molecular complexity index is 333. The van der Waals surface area contributed by atoms with Crippen molar-refractivity contribution in [3.05, 3.63) is 35.9 Å². The number of esters is 1. The van der Waals surface area contributed by atoms with E-state index in [-0.39, 0.29) is 18.4 Å². The van der Waals surface area contributed by atoms with Crippen LogP contribution in [0.4, 0.5) is 0 Å². The normalized spacial score (nSPS) is 12.7. The fourth-order valence-corrected chi connectivity index (χ4v) is 1.19. The summed E-state index contributed by atoms with van der Waals surface area (Å²) in [6.45, 7) is 2.13. The Morgan fingerprint density at radius 2 is 2.13 bits per heavy atom. The number of ether oxygens (including phenoxy) is 1. The SMILES string of the molecule is COC(=O)CN=CC(C)c1ccccc1. The molecular formula is C12H15NO2. The maximum atomic E-state index is 10.8. The number of aliphatic imine (C=N–C) groups is 1. The van der Waals surface area contributed by atoms with E-state index in [1.165, 1.54) is 12.7 Å². The molecule has 3 nitrogen and oxygen atoms in total. The summed E-state index contributed by atoms with van der Waals surface area (Å²) < 4.78 is 4.49. The predicted octanol–water partition coefficient (Wildman–Crippen LogP) is 2.03. The molecule has 0 N–H and O–H groups in total. The first-order chi connectivity index (χ1) is 7.24. The minimum absolute atomic E-state index is 0.0909. The van der Waals surface area contributed by atoms with Crippen molar-refractivity contribution in [3.8, 4) is 0 Å². The lowest BCUT2D eigenvalue weighted by Crippen LogP contribution is -2.05. The Labute approximate surface area is 89.8 Å². The second kappa shape index (κ2) is 5.96. The molecule has 0 amide bonds. The number of methoxy groups -OCH3 is 1. The van der Waals surface area contributed by atoms with Crippen molar-refractivity contribution in [2.45, 2.75) is 12.8 Å². The second-order valence-corrected chi connectivity index (χ2v) is 3.27. The van der Waals surface area contributed by atoms with Gasteiger partial charge in [0.05, 0.1) is 7.11 Å². The van der Waals surface area contributed by atoms with Crippen LogP contribution in [0.2, 0.25) is 0 Å². The number of rotatable bonds is 4. The second-order valence-electron chi connectivity index (χ2n) is 3.27. The molecule has 0 radical (unpaired) electrons. The largest absolute Gasteiger partial charge is 0.468 e. The third kappa shape index (κ3) is 3.94. The molecule has 0 aliphatic carbocycles. The molecule has 0 saturated carbocycles. The van der Waals surface area contributed by atoms with E-state index in [2.05, 4.69) is 9.73 Å².